The molecule has 0 saturated heterocycles. The van der Waals surface area contributed by atoms with Crippen molar-refractivity contribution in [2.45, 2.75) is 32.8 Å². The van der Waals surface area contributed by atoms with Crippen LogP contribution in [0.5, 0.6) is 5.75 Å². The maximum Gasteiger partial charge on any atom is 0.120 e. The molecule has 0 heterocycles. The number of nitrogens with two attached hydrogens (primary N) is 1. The molecule has 1 aromatic rings. The average Bonchev–Trinajstić information content (AvgIpc) is 2.06. The summed E-state index contributed by atoms with van der Waals surface area (Å²) in [6, 6.07) is 8.12. The Labute approximate surface area is 86.1 Å². The third-order valence-electron chi connectivity index (χ3n) is 1.78. The third kappa shape index (κ3) is 3.79. The molecule has 0 radical (unpaired) electrons. The van der Waals surface area contributed by atoms with Gasteiger partial charge in [0, 0.05) is 0 Å². The van der Waals surface area contributed by atoms with Crippen molar-refractivity contribution in [1.29, 1.82) is 0 Å². The molecule has 0 spiro atoms. The van der Waals surface area contributed by atoms with Crippen molar-refractivity contribution < 1.29 is 4.74 Å². The zero-order valence-electron chi connectivity index (χ0n) is 9.21. The van der Waals surface area contributed by atoms with Crippen molar-refractivity contribution in [3.8, 4) is 5.75 Å². The van der Waals surface area contributed by atoms with Gasteiger partial charge in [-0.2, -0.15) is 0 Å². The summed E-state index contributed by atoms with van der Waals surface area (Å²) in [6.07, 6.45) is 0.926. The van der Waals surface area contributed by atoms with Crippen LogP contribution >= 0.6 is 0 Å². The fourth-order valence-electron chi connectivity index (χ4n) is 1.24. The molecule has 0 bridgehead atoms. The fourth-order valence-corrected chi connectivity index (χ4v) is 1.24. The Balaban J connectivity index is 2.64. The lowest BCUT2D eigenvalue weighted by Gasteiger charge is -2.21. The van der Waals surface area contributed by atoms with Crippen LogP contribution in [0.25, 0.3) is 0 Å². The van der Waals surface area contributed by atoms with Crippen molar-refractivity contribution >= 4 is 0 Å². The number of hydrogen-bond donors (Lipinski definition) is 1. The second kappa shape index (κ2) is 4.47. The zero-order valence-corrected chi connectivity index (χ0v) is 9.21. The van der Waals surface area contributed by atoms with Gasteiger partial charge in [0.05, 0.1) is 0 Å². The molecule has 0 fully saturated rings. The molecule has 0 unspecified atom stereocenters. The Bertz CT molecular complexity index is 271. The molecular weight excluding hydrogens is 174 g/mol. The molecule has 0 aliphatic heterocycles. The molecule has 2 nitrogen and oxygen atoms in total. The van der Waals surface area contributed by atoms with E-state index in [0.29, 0.717) is 6.54 Å². The van der Waals surface area contributed by atoms with Gasteiger partial charge in [-0.25, -0.2) is 0 Å². The molecular formula is C12H19NO. The van der Waals surface area contributed by atoms with Crippen molar-refractivity contribution in [1.82, 2.24) is 0 Å². The highest BCUT2D eigenvalue weighted by molar-refractivity contribution is 5.27. The standard InChI is InChI=1S/C12H19NO/c1-12(2,3)14-11-6-4-10(5-7-11)8-9-13/h4-7H,8-9,13H2,1-3H3. The van der Waals surface area contributed by atoms with Gasteiger partial charge in [0.2, 0.25) is 0 Å². The van der Waals surface area contributed by atoms with Gasteiger partial charge in [-0.1, -0.05) is 12.1 Å². The van der Waals surface area contributed by atoms with E-state index in [1.54, 1.807) is 0 Å². The molecule has 0 aliphatic carbocycles. The van der Waals surface area contributed by atoms with Gasteiger partial charge in [-0.05, 0) is 51.4 Å². The predicted molar refractivity (Wildman–Crippen MR) is 59.6 cm³/mol. The minimum atomic E-state index is -0.130. The highest BCUT2D eigenvalue weighted by atomic mass is 16.5. The van der Waals surface area contributed by atoms with Gasteiger partial charge in [0.1, 0.15) is 11.4 Å². The molecule has 14 heavy (non-hydrogen) atoms. The molecule has 2 heteroatoms. The number of rotatable bonds is 3. The summed E-state index contributed by atoms with van der Waals surface area (Å²) in [7, 11) is 0. The van der Waals surface area contributed by atoms with Crippen LogP contribution < -0.4 is 10.5 Å². The molecule has 0 atom stereocenters. The average molecular weight is 193 g/mol. The van der Waals surface area contributed by atoms with E-state index in [0.717, 1.165) is 12.2 Å². The van der Waals surface area contributed by atoms with E-state index < -0.39 is 0 Å². The lowest BCUT2D eigenvalue weighted by Crippen LogP contribution is -2.22. The Kier molecular flexibility index (Phi) is 3.53. The van der Waals surface area contributed by atoms with Crippen LogP contribution in [0.3, 0.4) is 0 Å². The summed E-state index contributed by atoms with van der Waals surface area (Å²) in [5.41, 5.74) is 6.60. The van der Waals surface area contributed by atoms with Crippen LogP contribution in [-0.2, 0) is 6.42 Å². The first kappa shape index (κ1) is 11.1. The second-order valence-electron chi connectivity index (χ2n) is 4.40. The minimum absolute atomic E-state index is 0.130. The number of benzene rings is 1. The van der Waals surface area contributed by atoms with Crippen LogP contribution in [0, 0.1) is 0 Å². The summed E-state index contributed by atoms with van der Waals surface area (Å²) >= 11 is 0. The lowest BCUT2D eigenvalue weighted by atomic mass is 10.1. The Hall–Kier alpha value is -1.02. The fraction of sp³-hybridized carbons (Fsp3) is 0.500. The first-order valence-corrected chi connectivity index (χ1v) is 4.99. The Morgan fingerprint density at radius 1 is 1.14 bits per heavy atom. The Morgan fingerprint density at radius 2 is 1.71 bits per heavy atom. The summed E-state index contributed by atoms with van der Waals surface area (Å²) in [5.74, 6) is 0.915. The first-order chi connectivity index (χ1) is 6.51. The van der Waals surface area contributed by atoms with Crippen molar-refractivity contribution in [2.24, 2.45) is 5.73 Å². The minimum Gasteiger partial charge on any atom is -0.488 e. The third-order valence-corrected chi connectivity index (χ3v) is 1.78. The van der Waals surface area contributed by atoms with E-state index in [4.69, 9.17) is 10.5 Å². The normalized spacial score (nSPS) is 11.4. The molecule has 0 saturated carbocycles. The monoisotopic (exact) mass is 193 g/mol. The quantitative estimate of drug-likeness (QED) is 0.799. The highest BCUT2D eigenvalue weighted by Crippen LogP contribution is 2.18. The summed E-state index contributed by atoms with van der Waals surface area (Å²) in [4.78, 5) is 0. The van der Waals surface area contributed by atoms with E-state index in [1.165, 1.54) is 5.56 Å². The van der Waals surface area contributed by atoms with E-state index in [9.17, 15) is 0 Å². The van der Waals surface area contributed by atoms with Crippen LogP contribution in [-0.4, -0.2) is 12.1 Å². The van der Waals surface area contributed by atoms with Gasteiger partial charge in [-0.15, -0.1) is 0 Å². The molecule has 2 N–H and O–H groups in total. The van der Waals surface area contributed by atoms with Gasteiger partial charge in [0.15, 0.2) is 0 Å². The maximum absolute atomic E-state index is 5.70. The van der Waals surface area contributed by atoms with E-state index in [2.05, 4.69) is 12.1 Å². The number of hydrogen-bond acceptors (Lipinski definition) is 2. The topological polar surface area (TPSA) is 35.2 Å². The summed E-state index contributed by atoms with van der Waals surface area (Å²) < 4.78 is 5.70. The van der Waals surface area contributed by atoms with Crippen LogP contribution in [0.4, 0.5) is 0 Å². The van der Waals surface area contributed by atoms with Crippen LogP contribution in [0.15, 0.2) is 24.3 Å². The van der Waals surface area contributed by atoms with Crippen molar-refractivity contribution in [2.75, 3.05) is 6.54 Å². The predicted octanol–water partition coefficient (Wildman–Crippen LogP) is 2.37. The SMILES string of the molecule is CC(C)(C)Oc1ccc(CCN)cc1. The van der Waals surface area contributed by atoms with E-state index in [-0.39, 0.29) is 5.60 Å². The number of ether oxygens (including phenoxy) is 1. The molecule has 0 aliphatic rings. The molecule has 1 rings (SSSR count). The van der Waals surface area contributed by atoms with Gasteiger partial charge >= 0.3 is 0 Å². The summed E-state index contributed by atoms with van der Waals surface area (Å²) in [6.45, 7) is 6.82. The molecule has 0 aromatic heterocycles. The molecule has 78 valence electrons. The maximum atomic E-state index is 5.70. The van der Waals surface area contributed by atoms with Crippen LogP contribution in [0.1, 0.15) is 26.3 Å². The van der Waals surface area contributed by atoms with Crippen LogP contribution in [0.2, 0.25) is 0 Å². The Morgan fingerprint density at radius 3 is 2.14 bits per heavy atom. The van der Waals surface area contributed by atoms with E-state index in [1.807, 2.05) is 32.9 Å². The summed E-state index contributed by atoms with van der Waals surface area (Å²) in [5, 5.41) is 0. The van der Waals surface area contributed by atoms with Crippen molar-refractivity contribution in [3.05, 3.63) is 29.8 Å². The van der Waals surface area contributed by atoms with Gasteiger partial charge < -0.3 is 10.5 Å². The zero-order chi connectivity index (χ0) is 10.6. The van der Waals surface area contributed by atoms with E-state index >= 15 is 0 Å². The van der Waals surface area contributed by atoms with Crippen molar-refractivity contribution in [3.63, 3.8) is 0 Å². The highest BCUT2D eigenvalue weighted by Gasteiger charge is 2.10. The van der Waals surface area contributed by atoms with Gasteiger partial charge in [-0.3, -0.25) is 0 Å². The second-order valence-corrected chi connectivity index (χ2v) is 4.40. The molecule has 0 amide bonds. The molecule has 1 aromatic carbocycles. The first-order valence-electron chi connectivity index (χ1n) is 4.99. The lowest BCUT2D eigenvalue weighted by molar-refractivity contribution is 0.131. The smallest absolute Gasteiger partial charge is 0.120 e. The largest absolute Gasteiger partial charge is 0.488 e. The van der Waals surface area contributed by atoms with Gasteiger partial charge in [0.25, 0.3) is 0 Å².